The van der Waals surface area contributed by atoms with E-state index in [1.165, 1.54) is 4.68 Å². The second-order valence-corrected chi connectivity index (χ2v) is 6.15. The summed E-state index contributed by atoms with van der Waals surface area (Å²) in [6.07, 6.45) is 1.86. The molecule has 0 atom stereocenters. The molecule has 0 aliphatic heterocycles. The van der Waals surface area contributed by atoms with Crippen LogP contribution < -0.4 is 15.0 Å². The normalized spacial score (nSPS) is 10.4. The van der Waals surface area contributed by atoms with Gasteiger partial charge in [0.05, 0.1) is 18.4 Å². The van der Waals surface area contributed by atoms with Crippen LogP contribution in [0.3, 0.4) is 0 Å². The zero-order chi connectivity index (χ0) is 16.9. The lowest BCUT2D eigenvalue weighted by Crippen LogP contribution is -2.30. The molecule has 3 rings (SSSR count). The van der Waals surface area contributed by atoms with E-state index in [9.17, 15) is 9.59 Å². The van der Waals surface area contributed by atoms with E-state index >= 15 is 0 Å². The van der Waals surface area contributed by atoms with E-state index in [2.05, 4.69) is 5.43 Å². The van der Waals surface area contributed by atoms with E-state index in [1.807, 2.05) is 54.6 Å². The van der Waals surface area contributed by atoms with E-state index < -0.39 is 0 Å². The maximum absolute atomic E-state index is 12.1. The van der Waals surface area contributed by atoms with Gasteiger partial charge in [-0.3, -0.25) is 15.0 Å². The third-order valence-corrected chi connectivity index (χ3v) is 4.40. The molecule has 0 saturated carbocycles. The Morgan fingerprint density at radius 2 is 1.83 bits per heavy atom. The summed E-state index contributed by atoms with van der Waals surface area (Å²) in [5.41, 5.74) is 4.42. The zero-order valence-electron chi connectivity index (χ0n) is 13.1. The van der Waals surface area contributed by atoms with Crippen LogP contribution in [0.15, 0.2) is 65.6 Å². The molecule has 0 fully saturated rings. The van der Waals surface area contributed by atoms with Crippen molar-refractivity contribution in [3.8, 4) is 16.2 Å². The molecule has 3 aromatic rings. The molecular weight excluding hydrogens is 324 g/mol. The van der Waals surface area contributed by atoms with Gasteiger partial charge >= 0.3 is 4.87 Å². The lowest BCUT2D eigenvalue weighted by atomic mass is 10.1. The maximum Gasteiger partial charge on any atom is 0.326 e. The van der Waals surface area contributed by atoms with E-state index in [0.29, 0.717) is 0 Å². The van der Waals surface area contributed by atoms with Gasteiger partial charge in [0.1, 0.15) is 5.75 Å². The van der Waals surface area contributed by atoms with Crippen LogP contribution in [0, 0.1) is 0 Å². The molecule has 24 heavy (non-hydrogen) atoms. The van der Waals surface area contributed by atoms with Crippen LogP contribution in [0.5, 0.6) is 5.75 Å². The van der Waals surface area contributed by atoms with Crippen LogP contribution in [-0.2, 0) is 11.2 Å². The average Bonchev–Trinajstić information content (AvgIpc) is 2.96. The van der Waals surface area contributed by atoms with Crippen LogP contribution in [0.4, 0.5) is 0 Å². The van der Waals surface area contributed by atoms with Gasteiger partial charge in [-0.25, -0.2) is 4.68 Å². The Labute approximate surface area is 143 Å². The summed E-state index contributed by atoms with van der Waals surface area (Å²) in [5, 5.41) is 0. The molecule has 5 nitrogen and oxygen atoms in total. The minimum Gasteiger partial charge on any atom is -0.497 e. The summed E-state index contributed by atoms with van der Waals surface area (Å²) >= 11 is 1.08. The molecule has 0 aliphatic carbocycles. The number of nitrogens with one attached hydrogen (secondary N) is 1. The van der Waals surface area contributed by atoms with Crippen molar-refractivity contribution in [2.45, 2.75) is 6.42 Å². The smallest absolute Gasteiger partial charge is 0.326 e. The average molecular weight is 340 g/mol. The fourth-order valence-corrected chi connectivity index (χ4v) is 3.06. The van der Waals surface area contributed by atoms with Gasteiger partial charge in [-0.1, -0.05) is 41.7 Å². The van der Waals surface area contributed by atoms with E-state index in [1.54, 1.807) is 13.3 Å². The predicted octanol–water partition coefficient (Wildman–Crippen LogP) is 2.90. The van der Waals surface area contributed by atoms with Gasteiger partial charge in [0.25, 0.3) is 0 Å². The molecule has 2 aromatic carbocycles. The second kappa shape index (κ2) is 7.14. The minimum atomic E-state index is -0.234. The summed E-state index contributed by atoms with van der Waals surface area (Å²) < 4.78 is 6.35. The number of thiazole rings is 1. The van der Waals surface area contributed by atoms with Gasteiger partial charge in [-0.05, 0) is 35.4 Å². The Hall–Kier alpha value is -2.86. The number of benzene rings is 2. The van der Waals surface area contributed by atoms with Crippen LogP contribution in [0.25, 0.3) is 10.4 Å². The highest BCUT2D eigenvalue weighted by Crippen LogP contribution is 2.24. The largest absolute Gasteiger partial charge is 0.497 e. The number of aromatic nitrogens is 1. The van der Waals surface area contributed by atoms with Crippen LogP contribution >= 0.6 is 11.3 Å². The number of nitrogens with zero attached hydrogens (tertiary/aromatic N) is 1. The van der Waals surface area contributed by atoms with Crippen LogP contribution in [0.1, 0.15) is 5.56 Å². The quantitative estimate of drug-likeness (QED) is 0.777. The zero-order valence-corrected chi connectivity index (χ0v) is 13.9. The summed E-state index contributed by atoms with van der Waals surface area (Å²) in [6.45, 7) is 0. The van der Waals surface area contributed by atoms with Crippen molar-refractivity contribution >= 4 is 17.2 Å². The molecule has 0 radical (unpaired) electrons. The number of hydrogen-bond donors (Lipinski definition) is 1. The first kappa shape index (κ1) is 16.0. The molecule has 0 bridgehead atoms. The standard InChI is InChI=1S/C18H16N2O3S/c1-23-15-9-7-14(8-10-15)16-12-20(18(22)24-16)19-17(21)11-13-5-3-2-4-6-13/h2-10,12H,11H2,1H3,(H,19,21). The van der Waals surface area contributed by atoms with Gasteiger partial charge in [-0.2, -0.15) is 0 Å². The first-order valence-electron chi connectivity index (χ1n) is 7.36. The highest BCUT2D eigenvalue weighted by Gasteiger charge is 2.10. The Morgan fingerprint density at radius 1 is 1.12 bits per heavy atom. The fraction of sp³-hybridized carbons (Fsp3) is 0.111. The Kier molecular flexibility index (Phi) is 4.77. The molecule has 1 amide bonds. The van der Waals surface area contributed by atoms with Crippen LogP contribution in [-0.4, -0.2) is 17.7 Å². The molecule has 1 N–H and O–H groups in total. The number of hydrogen-bond acceptors (Lipinski definition) is 4. The van der Waals surface area contributed by atoms with Crippen LogP contribution in [0.2, 0.25) is 0 Å². The topological polar surface area (TPSA) is 60.3 Å². The summed E-state index contributed by atoms with van der Waals surface area (Å²) in [4.78, 5) is 24.7. The number of rotatable bonds is 5. The predicted molar refractivity (Wildman–Crippen MR) is 95.1 cm³/mol. The van der Waals surface area contributed by atoms with Crippen molar-refractivity contribution in [1.29, 1.82) is 0 Å². The number of carbonyl (C=O) groups excluding carboxylic acids is 1. The Bertz CT molecular complexity index is 883. The van der Waals surface area contributed by atoms with Gasteiger partial charge in [0.2, 0.25) is 5.91 Å². The molecule has 1 aromatic heterocycles. The van der Waals surface area contributed by atoms with Crippen molar-refractivity contribution < 1.29 is 9.53 Å². The van der Waals surface area contributed by atoms with Gasteiger partial charge in [0, 0.05) is 6.20 Å². The highest BCUT2D eigenvalue weighted by molar-refractivity contribution is 7.12. The lowest BCUT2D eigenvalue weighted by Gasteiger charge is -2.05. The molecule has 0 aliphatic rings. The Morgan fingerprint density at radius 3 is 2.50 bits per heavy atom. The summed E-state index contributed by atoms with van der Waals surface area (Å²) in [7, 11) is 1.60. The molecule has 1 heterocycles. The minimum absolute atomic E-state index is 0.223. The number of amides is 1. The summed E-state index contributed by atoms with van der Waals surface area (Å²) in [6, 6.07) is 16.8. The third-order valence-electron chi connectivity index (χ3n) is 3.47. The van der Waals surface area contributed by atoms with E-state index in [0.717, 1.165) is 33.1 Å². The molecule has 0 spiro atoms. The third kappa shape index (κ3) is 3.72. The van der Waals surface area contributed by atoms with Crippen molar-refractivity contribution in [2.75, 3.05) is 12.5 Å². The number of carbonyl (C=O) groups is 1. The van der Waals surface area contributed by atoms with Crippen molar-refractivity contribution in [3.05, 3.63) is 76.0 Å². The highest BCUT2D eigenvalue weighted by atomic mass is 32.1. The van der Waals surface area contributed by atoms with E-state index in [4.69, 9.17) is 4.74 Å². The van der Waals surface area contributed by atoms with Gasteiger partial charge < -0.3 is 4.74 Å². The number of ether oxygens (including phenoxy) is 1. The SMILES string of the molecule is COc1ccc(-c2cn(NC(=O)Cc3ccccc3)c(=O)s2)cc1. The maximum atomic E-state index is 12.1. The molecule has 122 valence electrons. The first-order valence-corrected chi connectivity index (χ1v) is 8.18. The molecule has 6 heteroatoms. The first-order chi connectivity index (χ1) is 11.7. The number of methoxy groups -OCH3 is 1. The Balaban J connectivity index is 1.74. The monoisotopic (exact) mass is 340 g/mol. The molecule has 0 saturated heterocycles. The molecule has 0 unspecified atom stereocenters. The molecular formula is C18H16N2O3S. The van der Waals surface area contributed by atoms with Crippen molar-refractivity contribution in [3.63, 3.8) is 0 Å². The van der Waals surface area contributed by atoms with Gasteiger partial charge in [-0.15, -0.1) is 0 Å². The fourth-order valence-electron chi connectivity index (χ4n) is 2.26. The lowest BCUT2D eigenvalue weighted by molar-refractivity contribution is -0.116. The van der Waals surface area contributed by atoms with Crippen molar-refractivity contribution in [1.82, 2.24) is 4.68 Å². The van der Waals surface area contributed by atoms with Crippen molar-refractivity contribution in [2.24, 2.45) is 0 Å². The summed E-state index contributed by atoms with van der Waals surface area (Å²) in [5.74, 6) is 0.518. The second-order valence-electron chi connectivity index (χ2n) is 5.16. The van der Waals surface area contributed by atoms with Gasteiger partial charge in [0.15, 0.2) is 0 Å². The van der Waals surface area contributed by atoms with E-state index in [-0.39, 0.29) is 17.2 Å².